The number of alkyl carbamates (subject to hydrolysis) is 1. The number of hydrogen-bond donors (Lipinski definition) is 2. The Morgan fingerprint density at radius 3 is 2.35 bits per heavy atom. The molecule has 2 aromatic carbocycles. The third-order valence-corrected chi connectivity index (χ3v) is 6.23. The highest BCUT2D eigenvalue weighted by molar-refractivity contribution is 6.04. The quantitative estimate of drug-likeness (QED) is 0.622. The van der Waals surface area contributed by atoms with Crippen LogP contribution in [0.15, 0.2) is 48.5 Å². The molecule has 2 aromatic rings. The van der Waals surface area contributed by atoms with Gasteiger partial charge >= 0.3 is 12.2 Å². The molecule has 0 unspecified atom stereocenters. The summed E-state index contributed by atoms with van der Waals surface area (Å²) in [6, 6.07) is 14.5. The molecule has 2 fully saturated rings. The molecular weight excluding hydrogens is 434 g/mol. The van der Waals surface area contributed by atoms with E-state index in [0.717, 1.165) is 18.4 Å². The maximum absolute atomic E-state index is 12.6. The first-order valence-electron chi connectivity index (χ1n) is 11.6. The zero-order valence-corrected chi connectivity index (χ0v) is 20.0. The fourth-order valence-corrected chi connectivity index (χ4v) is 4.29. The molecule has 4 rings (SSSR count). The Kier molecular flexibility index (Phi) is 6.25. The number of nitrogens with zero attached hydrogens (tertiary/aromatic N) is 1. The summed E-state index contributed by atoms with van der Waals surface area (Å²) in [6.45, 7) is 8.48. The number of carbonyl (C=O) groups excluding carboxylic acids is 3. The van der Waals surface area contributed by atoms with Gasteiger partial charge in [-0.15, -0.1) is 0 Å². The van der Waals surface area contributed by atoms with E-state index in [1.54, 1.807) is 24.3 Å². The van der Waals surface area contributed by atoms with Crippen molar-refractivity contribution in [2.24, 2.45) is 0 Å². The molecule has 2 N–H and O–H groups in total. The zero-order valence-electron chi connectivity index (χ0n) is 20.0. The lowest BCUT2D eigenvalue weighted by Crippen LogP contribution is -2.41. The molecule has 34 heavy (non-hydrogen) atoms. The van der Waals surface area contributed by atoms with Gasteiger partial charge in [-0.3, -0.25) is 9.69 Å². The summed E-state index contributed by atoms with van der Waals surface area (Å²) in [5, 5.41) is 5.96. The third kappa shape index (κ3) is 5.16. The van der Waals surface area contributed by atoms with E-state index >= 15 is 0 Å². The SMILES string of the molecule is CC[C@@]1(NC(=O)OC(C)(C)C)C[C@H]1c1ccc(NC(=O)c2ccc(N3CCOC3=O)cc2)cc1. The summed E-state index contributed by atoms with van der Waals surface area (Å²) < 4.78 is 10.4. The summed E-state index contributed by atoms with van der Waals surface area (Å²) in [5.41, 5.74) is 2.16. The molecule has 180 valence electrons. The van der Waals surface area contributed by atoms with Crippen LogP contribution < -0.4 is 15.5 Å². The molecule has 1 saturated carbocycles. The van der Waals surface area contributed by atoms with Gasteiger partial charge in [0.1, 0.15) is 12.2 Å². The summed E-state index contributed by atoms with van der Waals surface area (Å²) in [5.74, 6) is -0.0243. The van der Waals surface area contributed by atoms with Crippen molar-refractivity contribution < 1.29 is 23.9 Å². The first-order chi connectivity index (χ1) is 16.1. The van der Waals surface area contributed by atoms with E-state index in [0.29, 0.717) is 30.1 Å². The van der Waals surface area contributed by atoms with Crippen molar-refractivity contribution in [2.45, 2.75) is 57.6 Å². The van der Waals surface area contributed by atoms with E-state index < -0.39 is 11.7 Å². The second kappa shape index (κ2) is 9.00. The maximum Gasteiger partial charge on any atom is 0.414 e. The highest BCUT2D eigenvalue weighted by Crippen LogP contribution is 2.53. The van der Waals surface area contributed by atoms with E-state index in [-0.39, 0.29) is 23.5 Å². The average Bonchev–Trinajstić information content (AvgIpc) is 3.33. The zero-order chi connectivity index (χ0) is 24.5. The third-order valence-electron chi connectivity index (χ3n) is 6.23. The van der Waals surface area contributed by atoms with E-state index in [9.17, 15) is 14.4 Å². The molecule has 8 heteroatoms. The van der Waals surface area contributed by atoms with Crippen LogP contribution in [-0.2, 0) is 9.47 Å². The number of hydrogen-bond acceptors (Lipinski definition) is 5. The number of ether oxygens (including phenoxy) is 2. The fourth-order valence-electron chi connectivity index (χ4n) is 4.29. The number of rotatable bonds is 6. The Hall–Kier alpha value is -3.55. The molecule has 1 aliphatic carbocycles. The molecule has 1 heterocycles. The van der Waals surface area contributed by atoms with Gasteiger partial charge < -0.3 is 20.1 Å². The Morgan fingerprint density at radius 2 is 1.79 bits per heavy atom. The lowest BCUT2D eigenvalue weighted by Gasteiger charge is -2.23. The monoisotopic (exact) mass is 465 g/mol. The van der Waals surface area contributed by atoms with Crippen LogP contribution in [0.2, 0.25) is 0 Å². The molecule has 0 spiro atoms. The molecule has 0 bridgehead atoms. The van der Waals surface area contributed by atoms with E-state index in [4.69, 9.17) is 9.47 Å². The van der Waals surface area contributed by atoms with Crippen LogP contribution in [0.4, 0.5) is 21.0 Å². The van der Waals surface area contributed by atoms with Crippen LogP contribution in [0.5, 0.6) is 0 Å². The molecule has 0 aromatic heterocycles. The molecule has 2 atom stereocenters. The van der Waals surface area contributed by atoms with Crippen LogP contribution in [0, 0.1) is 0 Å². The van der Waals surface area contributed by atoms with Crippen LogP contribution in [0.3, 0.4) is 0 Å². The van der Waals surface area contributed by atoms with Crippen LogP contribution in [0.1, 0.15) is 62.4 Å². The number of anilines is 2. The van der Waals surface area contributed by atoms with Crippen LogP contribution in [0.25, 0.3) is 0 Å². The largest absolute Gasteiger partial charge is 0.447 e. The van der Waals surface area contributed by atoms with Gasteiger partial charge in [-0.05, 0) is 75.6 Å². The Labute approximate surface area is 199 Å². The van der Waals surface area contributed by atoms with Crippen molar-refractivity contribution in [3.8, 4) is 0 Å². The summed E-state index contributed by atoms with van der Waals surface area (Å²) in [6.07, 6.45) is 0.890. The van der Waals surface area contributed by atoms with Crippen molar-refractivity contribution >= 4 is 29.5 Å². The summed E-state index contributed by atoms with van der Waals surface area (Å²) in [4.78, 5) is 38.1. The minimum atomic E-state index is -0.538. The topological polar surface area (TPSA) is 97.0 Å². The predicted molar refractivity (Wildman–Crippen MR) is 129 cm³/mol. The minimum absolute atomic E-state index is 0.208. The molecule has 1 aliphatic heterocycles. The van der Waals surface area contributed by atoms with Crippen LogP contribution in [-0.4, -0.2) is 42.4 Å². The number of carbonyl (C=O) groups is 3. The number of nitrogens with one attached hydrogen (secondary N) is 2. The first-order valence-corrected chi connectivity index (χ1v) is 11.6. The van der Waals surface area contributed by atoms with Gasteiger partial charge in [0.15, 0.2) is 0 Å². The molecule has 3 amide bonds. The van der Waals surface area contributed by atoms with Crippen molar-refractivity contribution in [3.63, 3.8) is 0 Å². The highest BCUT2D eigenvalue weighted by Gasteiger charge is 2.55. The standard InChI is InChI=1S/C26H31N3O5/c1-5-26(28-23(31)34-25(2,3)4)16-21(26)17-6-10-19(11-7-17)27-22(30)18-8-12-20(13-9-18)29-14-15-33-24(29)32/h6-13,21H,5,14-16H2,1-4H3,(H,27,30)(H,28,31)/t21-,26+/m0/s1. The Balaban J connectivity index is 1.35. The lowest BCUT2D eigenvalue weighted by molar-refractivity contribution is 0.0492. The molecule has 2 aliphatic rings. The minimum Gasteiger partial charge on any atom is -0.447 e. The van der Waals surface area contributed by atoms with Gasteiger partial charge in [0.25, 0.3) is 5.91 Å². The molecule has 8 nitrogen and oxygen atoms in total. The molecule has 1 saturated heterocycles. The van der Waals surface area contributed by atoms with Crippen molar-refractivity contribution in [3.05, 3.63) is 59.7 Å². The Bertz CT molecular complexity index is 1080. The van der Waals surface area contributed by atoms with Gasteiger partial charge in [0, 0.05) is 22.9 Å². The number of amides is 3. The van der Waals surface area contributed by atoms with Crippen molar-refractivity contribution in [1.82, 2.24) is 5.32 Å². The maximum atomic E-state index is 12.6. The highest BCUT2D eigenvalue weighted by atomic mass is 16.6. The first kappa shape index (κ1) is 23.6. The normalized spacial score (nSPS) is 21.6. The second-order valence-electron chi connectivity index (χ2n) is 9.78. The van der Waals surface area contributed by atoms with Gasteiger partial charge in [-0.2, -0.15) is 0 Å². The lowest BCUT2D eigenvalue weighted by atomic mass is 10.0. The van der Waals surface area contributed by atoms with E-state index in [1.807, 2.05) is 45.0 Å². The number of cyclic esters (lactones) is 1. The summed E-state index contributed by atoms with van der Waals surface area (Å²) >= 11 is 0. The van der Waals surface area contributed by atoms with E-state index in [2.05, 4.69) is 17.6 Å². The molecule has 0 radical (unpaired) electrons. The fraction of sp³-hybridized carbons (Fsp3) is 0.423. The Morgan fingerprint density at radius 1 is 1.12 bits per heavy atom. The van der Waals surface area contributed by atoms with Gasteiger partial charge in [-0.1, -0.05) is 19.1 Å². The number of benzene rings is 2. The smallest absolute Gasteiger partial charge is 0.414 e. The summed E-state index contributed by atoms with van der Waals surface area (Å²) in [7, 11) is 0. The van der Waals surface area contributed by atoms with E-state index in [1.165, 1.54) is 4.90 Å². The van der Waals surface area contributed by atoms with Crippen molar-refractivity contribution in [1.29, 1.82) is 0 Å². The second-order valence-corrected chi connectivity index (χ2v) is 9.78. The van der Waals surface area contributed by atoms with Gasteiger partial charge in [-0.25, -0.2) is 9.59 Å². The van der Waals surface area contributed by atoms with Gasteiger partial charge in [0.2, 0.25) is 0 Å². The van der Waals surface area contributed by atoms with Crippen LogP contribution >= 0.6 is 0 Å². The molecular formula is C26H31N3O5. The van der Waals surface area contributed by atoms with Crippen molar-refractivity contribution in [2.75, 3.05) is 23.4 Å². The van der Waals surface area contributed by atoms with Gasteiger partial charge in [0.05, 0.1) is 12.1 Å². The average molecular weight is 466 g/mol. The predicted octanol–water partition coefficient (Wildman–Crippen LogP) is 5.06.